The lowest BCUT2D eigenvalue weighted by Gasteiger charge is -2.36. The summed E-state index contributed by atoms with van der Waals surface area (Å²) in [5.74, 6) is 0. The first kappa shape index (κ1) is 13.4. The number of aryl methyl sites for hydroxylation is 2. The Kier molecular flexibility index (Phi) is 3.64. The second-order valence-corrected chi connectivity index (χ2v) is 6.87. The third-order valence-corrected chi connectivity index (χ3v) is 4.77. The first-order chi connectivity index (χ1) is 8.39. The Bertz CT molecular complexity index is 512. The summed E-state index contributed by atoms with van der Waals surface area (Å²) in [6.07, 6.45) is 1.28. The van der Waals surface area contributed by atoms with Crippen molar-refractivity contribution in [2.24, 2.45) is 0 Å². The zero-order valence-corrected chi connectivity index (χ0v) is 12.0. The van der Waals surface area contributed by atoms with E-state index < -0.39 is 10.0 Å². The van der Waals surface area contributed by atoms with Gasteiger partial charge in [0.15, 0.2) is 0 Å². The molecule has 0 N–H and O–H groups in total. The van der Waals surface area contributed by atoms with Crippen molar-refractivity contribution in [3.8, 4) is 0 Å². The monoisotopic (exact) mass is 268 g/mol. The number of nitrogens with zero attached hydrogens (tertiary/aromatic N) is 2. The summed E-state index contributed by atoms with van der Waals surface area (Å²) in [5.41, 5.74) is 3.76. The van der Waals surface area contributed by atoms with Crippen LogP contribution in [0.3, 0.4) is 0 Å². The van der Waals surface area contributed by atoms with Crippen LogP contribution in [0, 0.1) is 13.8 Å². The van der Waals surface area contributed by atoms with Gasteiger partial charge in [-0.15, -0.1) is 0 Å². The van der Waals surface area contributed by atoms with Gasteiger partial charge in [0, 0.05) is 31.9 Å². The molecular weight excluding hydrogens is 248 g/mol. The number of para-hydroxylation sites is 1. The Balaban J connectivity index is 2.15. The summed E-state index contributed by atoms with van der Waals surface area (Å²) < 4.78 is 24.5. The van der Waals surface area contributed by atoms with Gasteiger partial charge in [0.25, 0.3) is 0 Å². The summed E-state index contributed by atoms with van der Waals surface area (Å²) in [7, 11) is -3.05. The summed E-state index contributed by atoms with van der Waals surface area (Å²) in [5, 5.41) is 0. The standard InChI is InChI=1S/C13H20N2O2S/c1-11-5-4-6-12(2)13(11)14-7-9-15(10-8-14)18(3,16)17/h4-6H,7-10H2,1-3H3. The molecule has 2 rings (SSSR count). The topological polar surface area (TPSA) is 40.6 Å². The van der Waals surface area contributed by atoms with Crippen LogP contribution in [-0.4, -0.2) is 45.2 Å². The first-order valence-corrected chi connectivity index (χ1v) is 8.01. The van der Waals surface area contributed by atoms with Crippen molar-refractivity contribution < 1.29 is 8.42 Å². The minimum Gasteiger partial charge on any atom is -0.368 e. The van der Waals surface area contributed by atoms with Crippen molar-refractivity contribution in [3.05, 3.63) is 29.3 Å². The van der Waals surface area contributed by atoms with Gasteiger partial charge in [0.1, 0.15) is 0 Å². The third kappa shape index (κ3) is 2.67. The van der Waals surface area contributed by atoms with Crippen LogP contribution in [0.4, 0.5) is 5.69 Å². The van der Waals surface area contributed by atoms with Gasteiger partial charge in [-0.3, -0.25) is 0 Å². The van der Waals surface area contributed by atoms with E-state index in [9.17, 15) is 8.42 Å². The largest absolute Gasteiger partial charge is 0.368 e. The highest BCUT2D eigenvalue weighted by Gasteiger charge is 2.24. The number of piperazine rings is 1. The SMILES string of the molecule is Cc1cccc(C)c1N1CCN(S(C)(=O)=O)CC1. The summed E-state index contributed by atoms with van der Waals surface area (Å²) in [6.45, 7) is 6.88. The van der Waals surface area contributed by atoms with Gasteiger partial charge in [-0.25, -0.2) is 8.42 Å². The number of sulfonamides is 1. The fourth-order valence-corrected chi connectivity index (χ4v) is 3.37. The van der Waals surface area contributed by atoms with Crippen molar-refractivity contribution in [2.75, 3.05) is 37.3 Å². The smallest absolute Gasteiger partial charge is 0.211 e. The molecular formula is C13H20N2O2S. The normalized spacial score (nSPS) is 18.1. The highest BCUT2D eigenvalue weighted by Crippen LogP contribution is 2.25. The molecule has 1 aliphatic heterocycles. The van der Waals surface area contributed by atoms with E-state index in [0.717, 1.165) is 13.1 Å². The number of anilines is 1. The molecule has 0 amide bonds. The Hall–Kier alpha value is -1.07. The molecule has 0 unspecified atom stereocenters. The molecule has 1 heterocycles. The average Bonchev–Trinajstić information content (AvgIpc) is 2.28. The number of rotatable bonds is 2. The lowest BCUT2D eigenvalue weighted by atomic mass is 10.1. The van der Waals surface area contributed by atoms with Crippen LogP contribution in [0.1, 0.15) is 11.1 Å². The molecule has 0 saturated carbocycles. The molecule has 0 aliphatic carbocycles. The summed E-state index contributed by atoms with van der Waals surface area (Å²) >= 11 is 0. The van der Waals surface area contributed by atoms with E-state index in [1.165, 1.54) is 23.1 Å². The molecule has 0 bridgehead atoms. The number of benzene rings is 1. The fourth-order valence-electron chi connectivity index (χ4n) is 2.55. The molecule has 5 heteroatoms. The van der Waals surface area contributed by atoms with Gasteiger partial charge in [-0.1, -0.05) is 18.2 Å². The van der Waals surface area contributed by atoms with Crippen LogP contribution in [0.15, 0.2) is 18.2 Å². The van der Waals surface area contributed by atoms with Crippen LogP contribution >= 0.6 is 0 Å². The lowest BCUT2D eigenvalue weighted by molar-refractivity contribution is 0.387. The predicted octanol–water partition coefficient (Wildman–Crippen LogP) is 1.39. The van der Waals surface area contributed by atoms with Crippen molar-refractivity contribution in [3.63, 3.8) is 0 Å². The van der Waals surface area contributed by atoms with E-state index in [2.05, 4.69) is 36.9 Å². The van der Waals surface area contributed by atoms with Crippen molar-refractivity contribution in [1.29, 1.82) is 0 Å². The molecule has 0 atom stereocenters. The van der Waals surface area contributed by atoms with E-state index in [1.54, 1.807) is 4.31 Å². The van der Waals surface area contributed by atoms with E-state index in [-0.39, 0.29) is 0 Å². The van der Waals surface area contributed by atoms with Crippen LogP contribution in [0.25, 0.3) is 0 Å². The molecule has 100 valence electrons. The second-order valence-electron chi connectivity index (χ2n) is 4.89. The predicted molar refractivity (Wildman–Crippen MR) is 74.5 cm³/mol. The summed E-state index contributed by atoms with van der Waals surface area (Å²) in [6, 6.07) is 6.26. The average molecular weight is 268 g/mol. The van der Waals surface area contributed by atoms with Crippen molar-refractivity contribution >= 4 is 15.7 Å². The molecule has 0 aromatic heterocycles. The minimum atomic E-state index is -3.05. The van der Waals surface area contributed by atoms with E-state index >= 15 is 0 Å². The maximum Gasteiger partial charge on any atom is 0.211 e. The number of hydrogen-bond acceptors (Lipinski definition) is 3. The molecule has 4 nitrogen and oxygen atoms in total. The zero-order valence-electron chi connectivity index (χ0n) is 11.2. The van der Waals surface area contributed by atoms with Crippen molar-refractivity contribution in [1.82, 2.24) is 4.31 Å². The third-order valence-electron chi connectivity index (χ3n) is 3.46. The molecule has 18 heavy (non-hydrogen) atoms. The quantitative estimate of drug-likeness (QED) is 0.814. The van der Waals surface area contributed by atoms with Gasteiger partial charge < -0.3 is 4.90 Å². The maximum absolute atomic E-state index is 11.5. The summed E-state index contributed by atoms with van der Waals surface area (Å²) in [4.78, 5) is 2.28. The second kappa shape index (κ2) is 4.90. The Morgan fingerprint density at radius 3 is 1.94 bits per heavy atom. The molecule has 1 aromatic carbocycles. The van der Waals surface area contributed by atoms with Gasteiger partial charge >= 0.3 is 0 Å². The Morgan fingerprint density at radius 2 is 1.50 bits per heavy atom. The lowest BCUT2D eigenvalue weighted by Crippen LogP contribution is -2.48. The minimum absolute atomic E-state index is 0.576. The highest BCUT2D eigenvalue weighted by molar-refractivity contribution is 7.88. The van der Waals surface area contributed by atoms with E-state index in [0.29, 0.717) is 13.1 Å². The number of hydrogen-bond donors (Lipinski definition) is 0. The fraction of sp³-hybridized carbons (Fsp3) is 0.538. The Labute approximate surface area is 109 Å². The van der Waals surface area contributed by atoms with Crippen LogP contribution in [0.5, 0.6) is 0 Å². The Morgan fingerprint density at radius 1 is 1.00 bits per heavy atom. The molecule has 0 spiro atoms. The molecule has 0 radical (unpaired) electrons. The maximum atomic E-state index is 11.5. The van der Waals surface area contributed by atoms with Crippen molar-refractivity contribution in [2.45, 2.75) is 13.8 Å². The van der Waals surface area contributed by atoms with Gasteiger partial charge in [-0.2, -0.15) is 4.31 Å². The molecule has 1 aromatic rings. The zero-order chi connectivity index (χ0) is 13.3. The van der Waals surface area contributed by atoms with E-state index in [4.69, 9.17) is 0 Å². The van der Waals surface area contributed by atoms with Gasteiger partial charge in [0.05, 0.1) is 6.26 Å². The van der Waals surface area contributed by atoms with Crippen LogP contribution in [0.2, 0.25) is 0 Å². The first-order valence-electron chi connectivity index (χ1n) is 6.16. The van der Waals surface area contributed by atoms with Gasteiger partial charge in [0.2, 0.25) is 10.0 Å². The highest BCUT2D eigenvalue weighted by atomic mass is 32.2. The van der Waals surface area contributed by atoms with E-state index in [1.807, 2.05) is 0 Å². The van der Waals surface area contributed by atoms with Crippen LogP contribution < -0.4 is 4.90 Å². The molecule has 1 fully saturated rings. The molecule has 1 saturated heterocycles. The molecule has 1 aliphatic rings. The van der Waals surface area contributed by atoms with Gasteiger partial charge in [-0.05, 0) is 25.0 Å². The van der Waals surface area contributed by atoms with Crippen LogP contribution in [-0.2, 0) is 10.0 Å².